The number of halogens is 1. The SMILES string of the molecule is CC[C@H](CC[C@@H](C)[C@H]1CCC2C3CC=C4C[C@@H](OC(=O)CCCBr)CC[C@]4(C)C3CC[C@@]21C)C(C)C. The molecular weight excluding hydrogens is 508 g/mol. The lowest BCUT2D eigenvalue weighted by Gasteiger charge is -2.58. The molecule has 0 aromatic rings. The molecule has 0 aliphatic heterocycles. The van der Waals surface area contributed by atoms with E-state index >= 15 is 0 Å². The molecule has 3 unspecified atom stereocenters. The van der Waals surface area contributed by atoms with E-state index in [1.807, 2.05) is 0 Å². The average Bonchev–Trinajstić information content (AvgIpc) is 3.20. The van der Waals surface area contributed by atoms with Crippen LogP contribution >= 0.6 is 15.9 Å². The van der Waals surface area contributed by atoms with Crippen LogP contribution in [0, 0.1) is 52.3 Å². The third-order valence-corrected chi connectivity index (χ3v) is 12.7. The maximum absolute atomic E-state index is 12.3. The molecule has 36 heavy (non-hydrogen) atoms. The van der Waals surface area contributed by atoms with Gasteiger partial charge >= 0.3 is 5.97 Å². The molecule has 0 bridgehead atoms. The molecule has 0 saturated heterocycles. The van der Waals surface area contributed by atoms with Crippen LogP contribution in [0.25, 0.3) is 0 Å². The molecule has 9 atom stereocenters. The fourth-order valence-corrected chi connectivity index (χ4v) is 10.1. The van der Waals surface area contributed by atoms with Gasteiger partial charge in [0.2, 0.25) is 0 Å². The number of ether oxygens (including phenoxy) is 1. The van der Waals surface area contributed by atoms with Crippen LogP contribution in [0.5, 0.6) is 0 Å². The molecule has 0 N–H and O–H groups in total. The number of rotatable bonds is 10. The molecule has 3 fully saturated rings. The Morgan fingerprint density at radius 3 is 2.56 bits per heavy atom. The molecule has 0 aromatic heterocycles. The van der Waals surface area contributed by atoms with Crippen molar-refractivity contribution in [2.24, 2.45) is 52.3 Å². The summed E-state index contributed by atoms with van der Waals surface area (Å²) < 4.78 is 5.91. The van der Waals surface area contributed by atoms with Crippen LogP contribution in [-0.2, 0) is 9.53 Å². The van der Waals surface area contributed by atoms with Crippen molar-refractivity contribution in [3.8, 4) is 0 Å². The van der Waals surface area contributed by atoms with Gasteiger partial charge in [-0.05, 0) is 110 Å². The van der Waals surface area contributed by atoms with E-state index in [9.17, 15) is 4.79 Å². The van der Waals surface area contributed by atoms with Crippen LogP contribution in [-0.4, -0.2) is 17.4 Å². The lowest BCUT2D eigenvalue weighted by molar-refractivity contribution is -0.151. The van der Waals surface area contributed by atoms with E-state index in [0.717, 1.165) is 66.0 Å². The molecule has 0 aromatic carbocycles. The zero-order valence-corrected chi connectivity index (χ0v) is 25.9. The van der Waals surface area contributed by atoms with Crippen LogP contribution in [0.2, 0.25) is 0 Å². The predicted octanol–water partition coefficient (Wildman–Crippen LogP) is 9.75. The van der Waals surface area contributed by atoms with Crippen molar-refractivity contribution in [1.29, 1.82) is 0 Å². The second kappa shape index (κ2) is 11.8. The van der Waals surface area contributed by atoms with Crippen LogP contribution in [0.15, 0.2) is 11.6 Å². The first-order valence-corrected chi connectivity index (χ1v) is 16.7. The molecule has 0 heterocycles. The van der Waals surface area contributed by atoms with Gasteiger partial charge in [-0.3, -0.25) is 4.79 Å². The van der Waals surface area contributed by atoms with Crippen molar-refractivity contribution < 1.29 is 9.53 Å². The summed E-state index contributed by atoms with van der Waals surface area (Å²) in [7, 11) is 0. The summed E-state index contributed by atoms with van der Waals surface area (Å²) in [6.07, 6.45) is 18.6. The number of alkyl halides is 1. The van der Waals surface area contributed by atoms with Crippen molar-refractivity contribution in [1.82, 2.24) is 0 Å². The highest BCUT2D eigenvalue weighted by atomic mass is 79.9. The van der Waals surface area contributed by atoms with Gasteiger partial charge in [0.05, 0.1) is 0 Å². The van der Waals surface area contributed by atoms with Gasteiger partial charge in [-0.2, -0.15) is 0 Å². The Kier molecular flexibility index (Phi) is 9.43. The van der Waals surface area contributed by atoms with Crippen molar-refractivity contribution >= 4 is 21.9 Å². The second-order valence-electron chi connectivity index (χ2n) is 14.1. The minimum atomic E-state index is -0.00413. The molecule has 0 radical (unpaired) electrons. The Morgan fingerprint density at radius 2 is 1.86 bits per heavy atom. The van der Waals surface area contributed by atoms with Crippen LogP contribution in [0.4, 0.5) is 0 Å². The number of carbonyl (C=O) groups is 1. The maximum Gasteiger partial charge on any atom is 0.306 e. The van der Waals surface area contributed by atoms with E-state index in [4.69, 9.17) is 4.74 Å². The van der Waals surface area contributed by atoms with Gasteiger partial charge in [-0.25, -0.2) is 0 Å². The number of hydrogen-bond acceptors (Lipinski definition) is 2. The van der Waals surface area contributed by atoms with Gasteiger partial charge in [0.15, 0.2) is 0 Å². The van der Waals surface area contributed by atoms with E-state index < -0.39 is 0 Å². The topological polar surface area (TPSA) is 26.3 Å². The minimum Gasteiger partial charge on any atom is -0.462 e. The number of allylic oxidation sites excluding steroid dienone is 1. The lowest BCUT2D eigenvalue weighted by Crippen LogP contribution is -2.51. The molecule has 3 saturated carbocycles. The summed E-state index contributed by atoms with van der Waals surface area (Å²) in [4.78, 5) is 12.3. The number of hydrogen-bond donors (Lipinski definition) is 0. The fourth-order valence-electron chi connectivity index (χ4n) is 9.85. The van der Waals surface area contributed by atoms with Crippen molar-refractivity contribution in [2.45, 2.75) is 131 Å². The maximum atomic E-state index is 12.3. The highest BCUT2D eigenvalue weighted by molar-refractivity contribution is 9.09. The number of carbonyl (C=O) groups excluding carboxylic acids is 1. The van der Waals surface area contributed by atoms with Crippen LogP contribution in [0.3, 0.4) is 0 Å². The Balaban J connectivity index is 1.41. The Hall–Kier alpha value is -0.310. The third-order valence-electron chi connectivity index (χ3n) is 12.1. The predicted molar refractivity (Wildman–Crippen MR) is 155 cm³/mol. The van der Waals surface area contributed by atoms with Crippen LogP contribution in [0.1, 0.15) is 125 Å². The Morgan fingerprint density at radius 1 is 1.08 bits per heavy atom. The summed E-state index contributed by atoms with van der Waals surface area (Å²) in [6, 6.07) is 0. The molecule has 3 heteroatoms. The van der Waals surface area contributed by atoms with Gasteiger partial charge in [-0.1, -0.05) is 82.0 Å². The second-order valence-corrected chi connectivity index (χ2v) is 14.9. The molecule has 2 nitrogen and oxygen atoms in total. The minimum absolute atomic E-state index is 0.00413. The molecule has 4 aliphatic rings. The normalized spacial score (nSPS) is 39.6. The summed E-state index contributed by atoms with van der Waals surface area (Å²) in [5.41, 5.74) is 2.50. The number of esters is 1. The Bertz CT molecular complexity index is 789. The summed E-state index contributed by atoms with van der Waals surface area (Å²) in [5, 5.41) is 0.871. The fraction of sp³-hybridized carbons (Fsp3) is 0.909. The van der Waals surface area contributed by atoms with E-state index in [0.29, 0.717) is 17.3 Å². The van der Waals surface area contributed by atoms with Crippen molar-refractivity contribution in [3.05, 3.63) is 11.6 Å². The molecule has 4 rings (SSSR count). The first-order chi connectivity index (χ1) is 17.1. The molecule has 0 amide bonds. The van der Waals surface area contributed by atoms with E-state index in [1.54, 1.807) is 5.57 Å². The molecular formula is C33H55BrO2. The first kappa shape index (κ1) is 28.7. The van der Waals surface area contributed by atoms with E-state index in [2.05, 4.69) is 63.5 Å². The standard InChI is InChI=1S/C33H55BrO2/c1-7-24(22(2)3)11-10-23(4)28-14-15-29-27-13-12-25-21-26(36-31(35)9-8-20-34)16-18-32(25,5)30(27)17-19-33(28,29)6/h12,22-24,26-30H,7-11,13-21H2,1-6H3/t23-,24-,26+,27?,28-,29?,30?,32+,33-/m1/s1. The van der Waals surface area contributed by atoms with Crippen molar-refractivity contribution in [3.63, 3.8) is 0 Å². The highest BCUT2D eigenvalue weighted by Gasteiger charge is 2.59. The summed E-state index contributed by atoms with van der Waals surface area (Å²) >= 11 is 3.43. The average molecular weight is 564 g/mol. The Labute approximate surface area is 231 Å². The zero-order valence-electron chi connectivity index (χ0n) is 24.3. The van der Waals surface area contributed by atoms with Gasteiger partial charge in [0, 0.05) is 18.2 Å². The molecule has 206 valence electrons. The monoisotopic (exact) mass is 562 g/mol. The smallest absolute Gasteiger partial charge is 0.306 e. The lowest BCUT2D eigenvalue weighted by atomic mass is 9.47. The highest BCUT2D eigenvalue weighted by Crippen LogP contribution is 2.67. The van der Waals surface area contributed by atoms with Gasteiger partial charge < -0.3 is 4.74 Å². The van der Waals surface area contributed by atoms with Gasteiger partial charge in [-0.15, -0.1) is 0 Å². The first-order valence-electron chi connectivity index (χ1n) is 15.6. The van der Waals surface area contributed by atoms with Crippen LogP contribution < -0.4 is 0 Å². The summed E-state index contributed by atoms with van der Waals surface area (Å²) in [5.74, 6) is 6.10. The molecule has 4 aliphatic carbocycles. The largest absolute Gasteiger partial charge is 0.462 e. The summed E-state index contributed by atoms with van der Waals surface area (Å²) in [6.45, 7) is 15.1. The third kappa shape index (κ3) is 5.53. The number of fused-ring (bicyclic) bond motifs is 5. The van der Waals surface area contributed by atoms with E-state index in [-0.39, 0.29) is 12.1 Å². The molecule has 0 spiro atoms. The van der Waals surface area contributed by atoms with Crippen molar-refractivity contribution in [2.75, 3.05) is 5.33 Å². The van der Waals surface area contributed by atoms with Gasteiger partial charge in [0.1, 0.15) is 6.10 Å². The van der Waals surface area contributed by atoms with E-state index in [1.165, 1.54) is 57.8 Å². The zero-order chi connectivity index (χ0) is 26.1. The van der Waals surface area contributed by atoms with Gasteiger partial charge in [0.25, 0.3) is 0 Å². The quantitative estimate of drug-likeness (QED) is 0.150.